The average Bonchev–Trinajstić information content (AvgIpc) is 3.65. The number of nitrogens with zero attached hydrogens (tertiary/aromatic N) is 2. The van der Waals surface area contributed by atoms with Crippen LogP contribution in [0.4, 0.5) is 0 Å². The Morgan fingerprint density at radius 2 is 0.609 bits per heavy atom. The molecular weight excluding hydrogens is 556 g/mol. The highest BCUT2D eigenvalue weighted by Gasteiger charge is 2.14. The number of fused-ring (bicyclic) bond motifs is 6. The molecule has 0 radical (unpaired) electrons. The van der Waals surface area contributed by atoms with E-state index in [0.29, 0.717) is 5.92 Å². The van der Waals surface area contributed by atoms with Gasteiger partial charge in [0.05, 0.1) is 22.1 Å². The standard InChI is InChI=1S/C44H32N2/c1-30(32-22-26-35(27-23-32)45-41-14-6-2-10-37(41)38-11-3-7-15-42(38)45)31-18-20-33(21-19-31)34-24-28-36(29-25-34)46-43-16-8-4-12-39(43)40-13-5-9-17-44(40)46/h2-30H,1H3. The van der Waals surface area contributed by atoms with E-state index in [1.807, 2.05) is 0 Å². The van der Waals surface area contributed by atoms with Gasteiger partial charge in [0.15, 0.2) is 0 Å². The first-order valence-corrected chi connectivity index (χ1v) is 16.0. The highest BCUT2D eigenvalue weighted by molar-refractivity contribution is 6.10. The minimum absolute atomic E-state index is 0.291. The molecule has 2 heteroatoms. The van der Waals surface area contributed by atoms with Crippen molar-refractivity contribution >= 4 is 43.6 Å². The van der Waals surface area contributed by atoms with Crippen molar-refractivity contribution in [3.63, 3.8) is 0 Å². The molecule has 0 amide bonds. The van der Waals surface area contributed by atoms with Gasteiger partial charge in [0.2, 0.25) is 0 Å². The normalized spacial score (nSPS) is 12.4. The molecule has 9 aromatic rings. The molecule has 0 saturated heterocycles. The summed E-state index contributed by atoms with van der Waals surface area (Å²) in [5, 5.41) is 5.15. The Balaban J connectivity index is 0.986. The highest BCUT2D eigenvalue weighted by atomic mass is 15.0. The van der Waals surface area contributed by atoms with Crippen molar-refractivity contribution in [2.45, 2.75) is 12.8 Å². The van der Waals surface area contributed by atoms with Gasteiger partial charge in [-0.3, -0.25) is 0 Å². The van der Waals surface area contributed by atoms with Gasteiger partial charge in [0, 0.05) is 38.8 Å². The fourth-order valence-electron chi connectivity index (χ4n) is 7.27. The number of rotatable bonds is 5. The molecule has 218 valence electrons. The minimum atomic E-state index is 0.291. The van der Waals surface area contributed by atoms with E-state index in [2.05, 4.69) is 186 Å². The van der Waals surface area contributed by atoms with E-state index in [4.69, 9.17) is 0 Å². The Labute approximate surface area is 268 Å². The van der Waals surface area contributed by atoms with E-state index in [1.165, 1.54) is 77.2 Å². The quantitative estimate of drug-likeness (QED) is 0.189. The largest absolute Gasteiger partial charge is 0.309 e. The zero-order valence-corrected chi connectivity index (χ0v) is 25.6. The molecule has 0 aliphatic rings. The van der Waals surface area contributed by atoms with Crippen LogP contribution in [0.5, 0.6) is 0 Å². The second-order valence-electron chi connectivity index (χ2n) is 12.2. The van der Waals surface area contributed by atoms with Gasteiger partial charge in [0.25, 0.3) is 0 Å². The monoisotopic (exact) mass is 588 g/mol. The molecule has 2 heterocycles. The smallest absolute Gasteiger partial charge is 0.0541 e. The van der Waals surface area contributed by atoms with Gasteiger partial charge in [-0.15, -0.1) is 0 Å². The van der Waals surface area contributed by atoms with Crippen molar-refractivity contribution in [2.24, 2.45) is 0 Å². The van der Waals surface area contributed by atoms with Crippen LogP contribution in [-0.4, -0.2) is 9.13 Å². The van der Waals surface area contributed by atoms with E-state index in [0.717, 1.165) is 0 Å². The Hall–Kier alpha value is -5.86. The Morgan fingerprint density at radius 3 is 0.978 bits per heavy atom. The summed E-state index contributed by atoms with van der Waals surface area (Å²) in [6.07, 6.45) is 0. The fourth-order valence-corrected chi connectivity index (χ4v) is 7.27. The topological polar surface area (TPSA) is 9.86 Å². The van der Waals surface area contributed by atoms with E-state index in [-0.39, 0.29) is 0 Å². The SMILES string of the molecule is CC(c1ccc(-c2ccc(-n3c4ccccc4c4ccccc43)cc2)cc1)c1ccc(-n2c3ccccc3c3ccccc32)cc1. The summed E-state index contributed by atoms with van der Waals surface area (Å²) in [4.78, 5) is 0. The fraction of sp³-hybridized carbons (Fsp3) is 0.0455. The van der Waals surface area contributed by atoms with Crippen molar-refractivity contribution in [1.82, 2.24) is 9.13 Å². The van der Waals surface area contributed by atoms with Gasteiger partial charge in [-0.25, -0.2) is 0 Å². The third kappa shape index (κ3) is 4.18. The Kier molecular flexibility index (Phi) is 6.14. The third-order valence-electron chi connectivity index (χ3n) is 9.68. The molecule has 7 aromatic carbocycles. The lowest BCUT2D eigenvalue weighted by atomic mass is 9.91. The van der Waals surface area contributed by atoms with Gasteiger partial charge >= 0.3 is 0 Å². The maximum Gasteiger partial charge on any atom is 0.0541 e. The predicted molar refractivity (Wildman–Crippen MR) is 195 cm³/mol. The summed E-state index contributed by atoms with van der Waals surface area (Å²) in [5.74, 6) is 0.291. The average molecular weight is 589 g/mol. The van der Waals surface area contributed by atoms with Crippen LogP contribution in [0.3, 0.4) is 0 Å². The number of hydrogen-bond donors (Lipinski definition) is 0. The molecule has 1 unspecified atom stereocenters. The summed E-state index contributed by atoms with van der Waals surface area (Å²) in [5.41, 5.74) is 12.4. The number of aromatic nitrogens is 2. The summed E-state index contributed by atoms with van der Waals surface area (Å²) in [6.45, 7) is 2.30. The van der Waals surface area contributed by atoms with E-state index >= 15 is 0 Å². The van der Waals surface area contributed by atoms with Crippen LogP contribution in [0.2, 0.25) is 0 Å². The lowest BCUT2D eigenvalue weighted by Crippen LogP contribution is -1.98. The van der Waals surface area contributed by atoms with Crippen LogP contribution in [-0.2, 0) is 0 Å². The second kappa shape index (κ2) is 10.6. The summed E-state index contributed by atoms with van der Waals surface area (Å²) >= 11 is 0. The number of para-hydroxylation sites is 4. The van der Waals surface area contributed by atoms with Gasteiger partial charge in [-0.05, 0) is 70.8 Å². The Bertz CT molecular complexity index is 2400. The predicted octanol–water partition coefficient (Wildman–Crippen LogP) is 11.7. The number of hydrogen-bond acceptors (Lipinski definition) is 0. The molecule has 46 heavy (non-hydrogen) atoms. The third-order valence-corrected chi connectivity index (χ3v) is 9.68. The molecule has 2 nitrogen and oxygen atoms in total. The molecule has 9 rings (SSSR count). The maximum absolute atomic E-state index is 2.38. The summed E-state index contributed by atoms with van der Waals surface area (Å²) in [6, 6.07) is 61.8. The van der Waals surface area contributed by atoms with Crippen LogP contribution < -0.4 is 0 Å². The minimum Gasteiger partial charge on any atom is -0.309 e. The van der Waals surface area contributed by atoms with E-state index in [1.54, 1.807) is 0 Å². The van der Waals surface area contributed by atoms with Crippen LogP contribution in [0.1, 0.15) is 24.0 Å². The van der Waals surface area contributed by atoms with Gasteiger partial charge in [-0.1, -0.05) is 128 Å². The molecule has 0 fully saturated rings. The van der Waals surface area contributed by atoms with Crippen LogP contribution >= 0.6 is 0 Å². The molecule has 2 aromatic heterocycles. The van der Waals surface area contributed by atoms with Crippen molar-refractivity contribution < 1.29 is 0 Å². The van der Waals surface area contributed by atoms with Gasteiger partial charge < -0.3 is 9.13 Å². The molecule has 0 aliphatic heterocycles. The molecule has 0 N–H and O–H groups in total. The maximum atomic E-state index is 2.38. The van der Waals surface area contributed by atoms with E-state index < -0.39 is 0 Å². The zero-order chi connectivity index (χ0) is 30.6. The lowest BCUT2D eigenvalue weighted by molar-refractivity contribution is 0.921. The molecule has 1 atom stereocenters. The van der Waals surface area contributed by atoms with Crippen LogP contribution in [0.15, 0.2) is 170 Å². The van der Waals surface area contributed by atoms with Crippen LogP contribution in [0, 0.1) is 0 Å². The van der Waals surface area contributed by atoms with Crippen molar-refractivity contribution in [3.05, 3.63) is 181 Å². The molecular formula is C44H32N2. The van der Waals surface area contributed by atoms with Crippen molar-refractivity contribution in [1.29, 1.82) is 0 Å². The number of benzene rings is 7. The van der Waals surface area contributed by atoms with Gasteiger partial charge in [0.1, 0.15) is 0 Å². The first-order valence-electron chi connectivity index (χ1n) is 16.0. The van der Waals surface area contributed by atoms with E-state index in [9.17, 15) is 0 Å². The molecule has 0 saturated carbocycles. The van der Waals surface area contributed by atoms with Crippen LogP contribution in [0.25, 0.3) is 66.1 Å². The summed E-state index contributed by atoms with van der Waals surface area (Å²) < 4.78 is 4.74. The molecule has 0 aliphatic carbocycles. The second-order valence-corrected chi connectivity index (χ2v) is 12.2. The Morgan fingerprint density at radius 1 is 0.326 bits per heavy atom. The van der Waals surface area contributed by atoms with Crippen molar-refractivity contribution in [2.75, 3.05) is 0 Å². The highest BCUT2D eigenvalue weighted by Crippen LogP contribution is 2.35. The first kappa shape index (κ1) is 26.5. The van der Waals surface area contributed by atoms with Crippen molar-refractivity contribution in [3.8, 4) is 22.5 Å². The molecule has 0 spiro atoms. The first-order chi connectivity index (χ1) is 22.7. The van der Waals surface area contributed by atoms with Gasteiger partial charge in [-0.2, -0.15) is 0 Å². The lowest BCUT2D eigenvalue weighted by Gasteiger charge is -2.15. The molecule has 0 bridgehead atoms. The summed E-state index contributed by atoms with van der Waals surface area (Å²) in [7, 11) is 0. The zero-order valence-electron chi connectivity index (χ0n) is 25.6.